The van der Waals surface area contributed by atoms with Crippen molar-refractivity contribution in [2.24, 2.45) is 0 Å². The van der Waals surface area contributed by atoms with Crippen LogP contribution < -0.4 is 5.32 Å². The van der Waals surface area contributed by atoms with Crippen LogP contribution in [0.3, 0.4) is 0 Å². The molecule has 1 aromatic rings. The van der Waals surface area contributed by atoms with Crippen LogP contribution in [0.2, 0.25) is 0 Å². The van der Waals surface area contributed by atoms with E-state index in [1.54, 1.807) is 6.07 Å². The number of hydrogen-bond donors (Lipinski definition) is 1. The van der Waals surface area contributed by atoms with Gasteiger partial charge in [0.25, 0.3) is 0 Å². The highest BCUT2D eigenvalue weighted by Crippen LogP contribution is 2.20. The van der Waals surface area contributed by atoms with Crippen LogP contribution >= 0.6 is 0 Å². The van der Waals surface area contributed by atoms with Gasteiger partial charge >= 0.3 is 5.69 Å². The molecule has 0 aliphatic carbocycles. The number of nitro groups is 1. The van der Waals surface area contributed by atoms with E-state index in [1.807, 2.05) is 13.0 Å². The van der Waals surface area contributed by atoms with E-state index in [2.05, 4.69) is 26.1 Å². The van der Waals surface area contributed by atoms with Gasteiger partial charge in [0.2, 0.25) is 5.82 Å². The summed E-state index contributed by atoms with van der Waals surface area (Å²) in [6, 6.07) is 3.95. The van der Waals surface area contributed by atoms with E-state index in [4.69, 9.17) is 0 Å². The fourth-order valence-electron chi connectivity index (χ4n) is 1.65. The van der Waals surface area contributed by atoms with Gasteiger partial charge in [0.15, 0.2) is 0 Å². The normalized spacial score (nSPS) is 12.6. The highest BCUT2D eigenvalue weighted by molar-refractivity contribution is 5.56. The van der Waals surface area contributed by atoms with Gasteiger partial charge in [0.05, 0.1) is 4.92 Å². The largest absolute Gasteiger partial charge is 0.308 e. The van der Waals surface area contributed by atoms with Crippen molar-refractivity contribution in [1.82, 2.24) is 5.32 Å². The predicted octanol–water partition coefficient (Wildman–Crippen LogP) is 3.92. The quantitative estimate of drug-likeness (QED) is 0.657. The summed E-state index contributed by atoms with van der Waals surface area (Å²) in [6.07, 6.45) is 2.69. The maximum Gasteiger partial charge on any atom is 0.305 e. The van der Waals surface area contributed by atoms with Gasteiger partial charge in [-0.15, -0.1) is 0 Å². The Bertz CT molecular complexity index is 519. The molecule has 0 spiro atoms. The van der Waals surface area contributed by atoms with Crippen LogP contribution in [0.1, 0.15) is 39.7 Å². The molecule has 1 N–H and O–H groups in total. The fourth-order valence-corrected chi connectivity index (χ4v) is 1.65. The summed E-state index contributed by atoms with van der Waals surface area (Å²) >= 11 is 0. The summed E-state index contributed by atoms with van der Waals surface area (Å²) in [5.41, 5.74) is 1.27. The number of halogens is 1. The second-order valence-corrected chi connectivity index (χ2v) is 5.73. The standard InChI is InChI=1S/C15H21FN2O2/c1-5-11(10-17-15(2,3)4)8-12-6-7-13(16)14(9-12)18(19)20/h6-9,17H,5,10H2,1-4H3/b11-8-. The summed E-state index contributed by atoms with van der Waals surface area (Å²) in [5, 5.41) is 14.1. The second-order valence-electron chi connectivity index (χ2n) is 5.73. The summed E-state index contributed by atoms with van der Waals surface area (Å²) in [6.45, 7) is 8.94. The molecule has 0 saturated heterocycles. The molecule has 0 bridgehead atoms. The van der Waals surface area contributed by atoms with Crippen molar-refractivity contribution in [2.75, 3.05) is 6.54 Å². The molecule has 0 saturated carbocycles. The number of nitrogens with zero attached hydrogens (tertiary/aromatic N) is 1. The highest BCUT2D eigenvalue weighted by Gasteiger charge is 2.14. The average molecular weight is 280 g/mol. The maximum absolute atomic E-state index is 13.3. The minimum atomic E-state index is -0.807. The van der Waals surface area contributed by atoms with E-state index in [9.17, 15) is 14.5 Å². The maximum atomic E-state index is 13.3. The third-order valence-corrected chi connectivity index (χ3v) is 2.84. The highest BCUT2D eigenvalue weighted by atomic mass is 19.1. The van der Waals surface area contributed by atoms with Crippen molar-refractivity contribution in [2.45, 2.75) is 39.7 Å². The van der Waals surface area contributed by atoms with Crippen molar-refractivity contribution in [3.8, 4) is 0 Å². The third kappa shape index (κ3) is 5.09. The molecule has 110 valence electrons. The van der Waals surface area contributed by atoms with Crippen molar-refractivity contribution < 1.29 is 9.31 Å². The molecule has 0 atom stereocenters. The van der Waals surface area contributed by atoms with E-state index in [0.29, 0.717) is 12.1 Å². The molecule has 1 rings (SSSR count). The number of benzene rings is 1. The lowest BCUT2D eigenvalue weighted by atomic mass is 10.1. The Labute approximate surface area is 118 Å². The lowest BCUT2D eigenvalue weighted by Crippen LogP contribution is -2.36. The van der Waals surface area contributed by atoms with Crippen molar-refractivity contribution >= 4 is 11.8 Å². The number of hydrogen-bond acceptors (Lipinski definition) is 3. The van der Waals surface area contributed by atoms with Crippen LogP contribution in [0.5, 0.6) is 0 Å². The fraction of sp³-hybridized carbons (Fsp3) is 0.467. The minimum Gasteiger partial charge on any atom is -0.308 e. The molecule has 0 unspecified atom stereocenters. The van der Waals surface area contributed by atoms with Crippen molar-refractivity contribution in [1.29, 1.82) is 0 Å². The van der Waals surface area contributed by atoms with Gasteiger partial charge in [-0.1, -0.05) is 24.6 Å². The Hall–Kier alpha value is -1.75. The molecule has 0 heterocycles. The van der Waals surface area contributed by atoms with Crippen LogP contribution in [0.4, 0.5) is 10.1 Å². The lowest BCUT2D eigenvalue weighted by Gasteiger charge is -2.21. The first-order valence-electron chi connectivity index (χ1n) is 6.61. The topological polar surface area (TPSA) is 55.2 Å². The molecular weight excluding hydrogens is 259 g/mol. The molecule has 4 nitrogen and oxygen atoms in total. The van der Waals surface area contributed by atoms with Gasteiger partial charge in [0, 0.05) is 18.2 Å². The number of nitrogens with one attached hydrogen (secondary N) is 1. The molecule has 0 amide bonds. The van der Waals surface area contributed by atoms with Crippen molar-refractivity contribution in [3.63, 3.8) is 0 Å². The molecule has 0 aliphatic heterocycles. The third-order valence-electron chi connectivity index (χ3n) is 2.84. The number of rotatable bonds is 5. The zero-order valence-electron chi connectivity index (χ0n) is 12.4. The molecule has 0 aromatic heterocycles. The zero-order valence-corrected chi connectivity index (χ0v) is 12.4. The van der Waals surface area contributed by atoms with Gasteiger partial charge in [-0.25, -0.2) is 0 Å². The van der Waals surface area contributed by atoms with E-state index in [-0.39, 0.29) is 5.54 Å². The summed E-state index contributed by atoms with van der Waals surface area (Å²) < 4.78 is 13.3. The average Bonchev–Trinajstić information content (AvgIpc) is 2.35. The van der Waals surface area contributed by atoms with Gasteiger partial charge in [-0.2, -0.15) is 4.39 Å². The van der Waals surface area contributed by atoms with Crippen LogP contribution in [0.15, 0.2) is 23.8 Å². The van der Waals surface area contributed by atoms with Crippen molar-refractivity contribution in [3.05, 3.63) is 45.3 Å². The van der Waals surface area contributed by atoms with Gasteiger partial charge < -0.3 is 5.32 Å². The Morgan fingerprint density at radius 3 is 2.60 bits per heavy atom. The first-order valence-corrected chi connectivity index (χ1v) is 6.61. The second kappa shape index (κ2) is 6.61. The molecule has 5 heteroatoms. The Morgan fingerprint density at radius 2 is 2.10 bits per heavy atom. The first-order chi connectivity index (χ1) is 9.23. The predicted molar refractivity (Wildman–Crippen MR) is 79.1 cm³/mol. The monoisotopic (exact) mass is 280 g/mol. The van der Waals surface area contributed by atoms with Gasteiger partial charge in [0.1, 0.15) is 0 Å². The van der Waals surface area contributed by atoms with Crippen LogP contribution in [0.25, 0.3) is 6.08 Å². The SMILES string of the molecule is CC/C(=C/c1ccc(F)c([N+](=O)[O-])c1)CNC(C)(C)C. The van der Waals surface area contributed by atoms with E-state index < -0.39 is 16.4 Å². The van der Waals surface area contributed by atoms with Crippen LogP contribution in [-0.2, 0) is 0 Å². The Balaban J connectivity index is 2.95. The molecule has 1 aromatic carbocycles. The van der Waals surface area contributed by atoms with Crippen LogP contribution in [0, 0.1) is 15.9 Å². The van der Waals surface area contributed by atoms with E-state index in [1.165, 1.54) is 6.07 Å². The lowest BCUT2D eigenvalue weighted by molar-refractivity contribution is -0.387. The molecule has 0 radical (unpaired) electrons. The summed E-state index contributed by atoms with van der Waals surface area (Å²) in [5.74, 6) is -0.807. The summed E-state index contributed by atoms with van der Waals surface area (Å²) in [7, 11) is 0. The molecular formula is C15H21FN2O2. The molecule has 0 aliphatic rings. The smallest absolute Gasteiger partial charge is 0.305 e. The Kier molecular flexibility index (Phi) is 5.39. The van der Waals surface area contributed by atoms with E-state index >= 15 is 0 Å². The molecule has 0 fully saturated rings. The van der Waals surface area contributed by atoms with E-state index in [0.717, 1.165) is 18.1 Å². The van der Waals surface area contributed by atoms with Gasteiger partial charge in [-0.05, 0) is 38.8 Å². The summed E-state index contributed by atoms with van der Waals surface area (Å²) in [4.78, 5) is 10.0. The number of nitro benzene ring substituents is 1. The first kappa shape index (κ1) is 16.3. The molecule has 20 heavy (non-hydrogen) atoms. The minimum absolute atomic E-state index is 0.00303. The van der Waals surface area contributed by atoms with Gasteiger partial charge in [-0.3, -0.25) is 10.1 Å². The Morgan fingerprint density at radius 1 is 1.45 bits per heavy atom. The zero-order chi connectivity index (χ0) is 15.3. The van der Waals surface area contributed by atoms with Crippen LogP contribution in [-0.4, -0.2) is 17.0 Å².